The number of carbonyl (C=O) groups excluding carboxylic acids is 1. The molecule has 4 aromatic rings. The summed E-state index contributed by atoms with van der Waals surface area (Å²) in [6, 6.07) is 29.2. The maximum absolute atomic E-state index is 12.7. The molecule has 0 saturated heterocycles. The molecule has 3 heteroatoms. The van der Waals surface area contributed by atoms with Gasteiger partial charge in [0.25, 0.3) is 0 Å². The van der Waals surface area contributed by atoms with Crippen LogP contribution in [0, 0.1) is 6.92 Å². The fraction of sp³-hybridized carbons (Fsp3) is 0.179. The van der Waals surface area contributed by atoms with Crippen molar-refractivity contribution in [3.8, 4) is 5.75 Å². The lowest BCUT2D eigenvalue weighted by Gasteiger charge is -2.33. The zero-order chi connectivity index (χ0) is 21.4. The molecule has 1 amide bonds. The highest BCUT2D eigenvalue weighted by molar-refractivity contribution is 6.02. The van der Waals surface area contributed by atoms with E-state index in [-0.39, 0.29) is 11.8 Å². The number of carbonyl (C=O) groups is 1. The van der Waals surface area contributed by atoms with E-state index in [0.717, 1.165) is 22.6 Å². The topological polar surface area (TPSA) is 29.5 Å². The van der Waals surface area contributed by atoms with E-state index in [2.05, 4.69) is 79.7 Å². The van der Waals surface area contributed by atoms with Gasteiger partial charge in [-0.15, -0.1) is 0 Å². The van der Waals surface area contributed by atoms with Gasteiger partial charge < -0.3 is 9.64 Å². The number of anilines is 1. The molecule has 1 heterocycles. The molecule has 0 fully saturated rings. The van der Waals surface area contributed by atoms with Gasteiger partial charge in [0.05, 0.1) is 0 Å². The number of amides is 1. The fourth-order valence-corrected chi connectivity index (χ4v) is 4.54. The molecule has 1 atom stereocenters. The van der Waals surface area contributed by atoms with Gasteiger partial charge in [-0.1, -0.05) is 72.3 Å². The van der Waals surface area contributed by atoms with Crippen molar-refractivity contribution in [1.29, 1.82) is 0 Å². The maximum atomic E-state index is 12.7. The van der Waals surface area contributed by atoms with Crippen LogP contribution < -0.4 is 9.64 Å². The molecule has 3 nitrogen and oxygen atoms in total. The first-order chi connectivity index (χ1) is 15.1. The SMILES string of the molecule is Cc1cccc(COc2ccc(C3CC(=O)N(C)c4ccc5ccccc5c43)cc2)c1. The molecular formula is C28H25NO2. The summed E-state index contributed by atoms with van der Waals surface area (Å²) in [7, 11) is 1.87. The van der Waals surface area contributed by atoms with Gasteiger partial charge in [0.15, 0.2) is 0 Å². The molecule has 0 bridgehead atoms. The summed E-state index contributed by atoms with van der Waals surface area (Å²) in [5.74, 6) is 1.02. The van der Waals surface area contributed by atoms with Crippen molar-refractivity contribution in [3.63, 3.8) is 0 Å². The molecular weight excluding hydrogens is 382 g/mol. The van der Waals surface area contributed by atoms with Crippen molar-refractivity contribution in [2.75, 3.05) is 11.9 Å². The third-order valence-electron chi connectivity index (χ3n) is 6.18. The predicted octanol–water partition coefficient (Wildman–Crippen LogP) is 6.23. The lowest BCUT2D eigenvalue weighted by atomic mass is 9.81. The second-order valence-corrected chi connectivity index (χ2v) is 8.28. The van der Waals surface area contributed by atoms with Crippen LogP contribution in [0.2, 0.25) is 0 Å². The number of benzene rings is 4. The smallest absolute Gasteiger partial charge is 0.227 e. The number of rotatable bonds is 4. The van der Waals surface area contributed by atoms with Gasteiger partial charge >= 0.3 is 0 Å². The molecule has 154 valence electrons. The van der Waals surface area contributed by atoms with Crippen LogP contribution in [0.1, 0.15) is 34.6 Å². The molecule has 0 saturated carbocycles. The molecule has 5 rings (SSSR count). The number of nitrogens with zero attached hydrogens (tertiary/aromatic N) is 1. The lowest BCUT2D eigenvalue weighted by molar-refractivity contribution is -0.118. The summed E-state index contributed by atoms with van der Waals surface area (Å²) in [6.07, 6.45) is 0.473. The first-order valence-corrected chi connectivity index (χ1v) is 10.7. The number of fused-ring (bicyclic) bond motifs is 3. The van der Waals surface area contributed by atoms with Crippen LogP contribution in [0.4, 0.5) is 5.69 Å². The van der Waals surface area contributed by atoms with Gasteiger partial charge in [-0.3, -0.25) is 4.79 Å². The standard InChI is InChI=1S/C28H25NO2/c1-19-6-5-7-20(16-19)18-31-23-13-10-22(11-14-23)25-17-27(30)29(2)26-15-12-21-8-3-4-9-24(21)28(25)26/h3-16,25H,17-18H2,1-2H3. The minimum Gasteiger partial charge on any atom is -0.489 e. The van der Waals surface area contributed by atoms with E-state index in [4.69, 9.17) is 4.74 Å². The average molecular weight is 408 g/mol. The van der Waals surface area contributed by atoms with E-state index in [1.54, 1.807) is 4.90 Å². The quantitative estimate of drug-likeness (QED) is 0.402. The van der Waals surface area contributed by atoms with Crippen LogP contribution >= 0.6 is 0 Å². The Morgan fingerprint density at radius 1 is 0.935 bits per heavy atom. The van der Waals surface area contributed by atoms with E-state index in [9.17, 15) is 4.79 Å². The summed E-state index contributed by atoms with van der Waals surface area (Å²) in [5, 5.41) is 2.41. The van der Waals surface area contributed by atoms with Crippen LogP contribution in [0.3, 0.4) is 0 Å². The molecule has 0 aromatic heterocycles. The van der Waals surface area contributed by atoms with E-state index in [0.29, 0.717) is 13.0 Å². The fourth-order valence-electron chi connectivity index (χ4n) is 4.54. The molecule has 4 aromatic carbocycles. The molecule has 0 spiro atoms. The molecule has 1 aliphatic rings. The number of hydrogen-bond acceptors (Lipinski definition) is 2. The second kappa shape index (κ2) is 7.92. The molecule has 1 unspecified atom stereocenters. The normalized spacial score (nSPS) is 15.7. The Morgan fingerprint density at radius 2 is 1.74 bits per heavy atom. The van der Waals surface area contributed by atoms with E-state index in [1.165, 1.54) is 21.9 Å². The van der Waals surface area contributed by atoms with Crippen LogP contribution in [-0.2, 0) is 11.4 Å². The number of hydrogen-bond donors (Lipinski definition) is 0. The summed E-state index contributed by atoms with van der Waals surface area (Å²) in [6.45, 7) is 2.63. The minimum absolute atomic E-state index is 0.0376. The van der Waals surface area contributed by atoms with Gasteiger partial charge in [-0.2, -0.15) is 0 Å². The van der Waals surface area contributed by atoms with Gasteiger partial charge in [-0.25, -0.2) is 0 Å². The van der Waals surface area contributed by atoms with Crippen molar-refractivity contribution in [1.82, 2.24) is 0 Å². The van der Waals surface area contributed by atoms with Crippen molar-refractivity contribution >= 4 is 22.4 Å². The third-order valence-corrected chi connectivity index (χ3v) is 6.18. The Kier molecular flexibility index (Phi) is 4.95. The zero-order valence-electron chi connectivity index (χ0n) is 17.8. The zero-order valence-corrected chi connectivity index (χ0v) is 17.8. The monoisotopic (exact) mass is 407 g/mol. The summed E-state index contributed by atoms with van der Waals surface area (Å²) < 4.78 is 5.99. The first-order valence-electron chi connectivity index (χ1n) is 10.7. The highest BCUT2D eigenvalue weighted by Crippen LogP contribution is 2.43. The van der Waals surface area contributed by atoms with Crippen molar-refractivity contribution in [2.24, 2.45) is 0 Å². The summed E-state index contributed by atoms with van der Waals surface area (Å²) in [5.41, 5.74) is 5.76. The van der Waals surface area contributed by atoms with E-state index < -0.39 is 0 Å². The highest BCUT2D eigenvalue weighted by atomic mass is 16.5. The van der Waals surface area contributed by atoms with Crippen LogP contribution in [0.15, 0.2) is 84.9 Å². The van der Waals surface area contributed by atoms with Crippen LogP contribution in [-0.4, -0.2) is 13.0 Å². The minimum atomic E-state index is 0.0376. The van der Waals surface area contributed by atoms with Gasteiger partial charge in [0.1, 0.15) is 12.4 Å². The Hall–Kier alpha value is -3.59. The molecule has 0 radical (unpaired) electrons. The van der Waals surface area contributed by atoms with Crippen LogP contribution in [0.5, 0.6) is 5.75 Å². The van der Waals surface area contributed by atoms with Gasteiger partial charge in [-0.05, 0) is 52.6 Å². The molecule has 31 heavy (non-hydrogen) atoms. The van der Waals surface area contributed by atoms with Crippen LogP contribution in [0.25, 0.3) is 10.8 Å². The Morgan fingerprint density at radius 3 is 2.55 bits per heavy atom. The van der Waals surface area contributed by atoms with Crippen molar-refractivity contribution in [3.05, 3.63) is 107 Å². The number of aryl methyl sites for hydroxylation is 1. The first kappa shape index (κ1) is 19.4. The predicted molar refractivity (Wildman–Crippen MR) is 126 cm³/mol. The lowest BCUT2D eigenvalue weighted by Crippen LogP contribution is -2.33. The van der Waals surface area contributed by atoms with E-state index >= 15 is 0 Å². The van der Waals surface area contributed by atoms with Gasteiger partial charge in [0, 0.05) is 25.1 Å². The molecule has 1 aliphatic heterocycles. The average Bonchev–Trinajstić information content (AvgIpc) is 2.80. The van der Waals surface area contributed by atoms with Crippen molar-refractivity contribution < 1.29 is 9.53 Å². The maximum Gasteiger partial charge on any atom is 0.227 e. The second-order valence-electron chi connectivity index (χ2n) is 8.28. The largest absolute Gasteiger partial charge is 0.489 e. The molecule has 0 N–H and O–H groups in total. The molecule has 0 aliphatic carbocycles. The number of ether oxygens (including phenoxy) is 1. The van der Waals surface area contributed by atoms with Gasteiger partial charge in [0.2, 0.25) is 5.91 Å². The highest BCUT2D eigenvalue weighted by Gasteiger charge is 2.31. The Balaban J connectivity index is 1.46. The summed E-state index contributed by atoms with van der Waals surface area (Å²) >= 11 is 0. The van der Waals surface area contributed by atoms with E-state index in [1.807, 2.05) is 19.2 Å². The Labute approximate surface area is 182 Å². The Bertz CT molecular complexity index is 1260. The summed E-state index contributed by atoms with van der Waals surface area (Å²) in [4.78, 5) is 14.5. The van der Waals surface area contributed by atoms with Crippen molar-refractivity contribution in [2.45, 2.75) is 25.9 Å². The third kappa shape index (κ3) is 3.68.